The molecule has 712 valence electrons. The molecule has 0 bridgehead atoms. The predicted molar refractivity (Wildman–Crippen MR) is 506 cm³/mol. The Morgan fingerprint density at radius 1 is 0.448 bits per heavy atom. The van der Waals surface area contributed by atoms with E-state index in [1.807, 2.05) is 49.4 Å². The van der Waals surface area contributed by atoms with E-state index in [0.29, 0.717) is 57.1 Å². The first-order valence-corrected chi connectivity index (χ1v) is 45.8. The van der Waals surface area contributed by atoms with Crippen LogP contribution in [0.1, 0.15) is 100 Å². The number of fused-ring (bicyclic) bond motifs is 1. The van der Waals surface area contributed by atoms with E-state index in [-0.39, 0.29) is 68.8 Å². The van der Waals surface area contributed by atoms with Crippen molar-refractivity contribution in [3.63, 3.8) is 0 Å². The zero-order valence-electron chi connectivity index (χ0n) is 77.0. The Labute approximate surface area is 783 Å². The molecule has 8 aromatic rings. The summed E-state index contributed by atoms with van der Waals surface area (Å²) in [6.45, 7) is 6.27. The van der Waals surface area contributed by atoms with Crippen molar-refractivity contribution in [2.75, 3.05) is 66.4 Å². The number of hydrogen-bond donors (Lipinski definition) is 13. The largest absolute Gasteiger partial charge is 0.508 e. The third-order valence-corrected chi connectivity index (χ3v) is 24.2. The molecule has 35 heteroatoms. The van der Waals surface area contributed by atoms with Crippen molar-refractivity contribution in [2.45, 2.75) is 172 Å². The summed E-state index contributed by atoms with van der Waals surface area (Å²) in [6, 6.07) is 38.5. The van der Waals surface area contributed by atoms with Gasteiger partial charge in [0, 0.05) is 96.6 Å². The molecule has 134 heavy (non-hydrogen) atoms. The van der Waals surface area contributed by atoms with Crippen molar-refractivity contribution in [1.29, 1.82) is 0 Å². The van der Waals surface area contributed by atoms with E-state index in [1.165, 1.54) is 69.3 Å². The number of thioether (sulfide) groups is 1. The molecule has 1 aliphatic rings. The third kappa shape index (κ3) is 30.7. The van der Waals surface area contributed by atoms with E-state index in [0.717, 1.165) is 37.6 Å². The van der Waals surface area contributed by atoms with Crippen molar-refractivity contribution in [1.82, 2.24) is 77.3 Å². The standard InChI is InChI=1S/C99H122N16O18S/c1-11-12-37-80-97(131)112(7)57-85(119)104-76(53-87(121)122)93(127)110-88(61(4)5)99(133)114(9)81(50-63-29-19-14-20-30-63)94(128)108-77(49-66-40-44-70(116)45-41-66)95(129)111(6)56-84(118)103-75(52-69-54-101-72-36-26-25-35-71(69)72)92(126)107-74(47-65-38-42-68(43-39-65)67-33-23-16-24-34-67)91(125)106-73(46-60(2)3)90(124)109-79(89(123)102-55-83(100)117)58-134-59-86(120)105-78(48-62-27-17-13-18-28-62)96(130)115(10)82(98(132)113(80)8)51-64-31-21-15-22-32-64/h13-36,38-45,54,60-61,73-82,88,101,116H,11-12,37,46-53,55-59H2,1-10H3,(H2,100,117)(H,102,123)(H,103,118)(H,104,119)(H,105,120)(H,106,125)(H,107,126)(H,108,128)(H,109,124)(H,110,127)(H,121,122)/t73-,74-,75-,76-,77-,78-,79-,80-,81-,82-,88-/m0/s1. The molecular formula is C99H122N16O18S. The maximum atomic E-state index is 15.6. The summed E-state index contributed by atoms with van der Waals surface area (Å²) >= 11 is 0.845. The molecule has 0 radical (unpaired) electrons. The van der Waals surface area contributed by atoms with Gasteiger partial charge in [-0.25, -0.2) is 0 Å². The number of aromatic amines is 1. The van der Waals surface area contributed by atoms with Gasteiger partial charge in [-0.05, 0) is 87.4 Å². The number of phenols is 1. The number of aromatic nitrogens is 1. The molecule has 0 aliphatic carbocycles. The molecule has 14 N–H and O–H groups in total. The third-order valence-electron chi connectivity index (χ3n) is 23.2. The molecule has 0 spiro atoms. The molecule has 15 amide bonds. The molecule has 1 aliphatic heterocycles. The average molecular weight is 1860 g/mol. The van der Waals surface area contributed by atoms with Crippen LogP contribution in [-0.2, 0) is 115 Å². The maximum Gasteiger partial charge on any atom is 0.305 e. The molecule has 1 fully saturated rings. The van der Waals surface area contributed by atoms with Gasteiger partial charge >= 0.3 is 5.97 Å². The average Bonchev–Trinajstić information content (AvgIpc) is 1.04. The molecule has 11 atom stereocenters. The lowest BCUT2D eigenvalue weighted by molar-refractivity contribution is -0.151. The number of carbonyl (C=O) groups is 16. The number of nitrogens with one attached hydrogen (secondary N) is 10. The second-order valence-corrected chi connectivity index (χ2v) is 35.5. The SMILES string of the molecule is CCCC[C@H]1C(=O)N(C)CC(=O)N[C@@H](CC(=O)O)C(=O)N[C@@H](C(C)C)C(=O)N(C)[C@@H](Cc2ccccc2)C(=O)N[C@@H](Cc2ccc(O)cc2)C(=O)N(C)CC(=O)N[C@@H](Cc2c[nH]c3ccccc23)C(=O)N[C@@H](Cc2ccc(-c3ccccc3)cc2)C(=O)N[C@@H](CC(C)C)C(=O)N[C@H](C(=O)NCC(N)=O)CSCC(=O)N[C@@H](Cc2ccccc2)C(=O)N(C)[C@@H](Cc2ccccc2)C(=O)N1C. The van der Waals surface area contributed by atoms with Crippen LogP contribution in [0.25, 0.3) is 22.0 Å². The number of hydrogen-bond acceptors (Lipinski definition) is 18. The molecule has 9 rings (SSSR count). The van der Waals surface area contributed by atoms with Crippen molar-refractivity contribution in [2.24, 2.45) is 17.6 Å². The quantitative estimate of drug-likeness (QED) is 0.0401. The molecule has 1 aromatic heterocycles. The summed E-state index contributed by atoms with van der Waals surface area (Å²) in [5, 5.41) is 45.7. The van der Waals surface area contributed by atoms with Crippen LogP contribution in [0.2, 0.25) is 0 Å². The fourth-order valence-corrected chi connectivity index (χ4v) is 16.6. The number of likely N-dealkylation sites (N-methyl/N-ethyl adjacent to an activating group) is 5. The summed E-state index contributed by atoms with van der Waals surface area (Å²) in [7, 11) is 6.59. The zero-order chi connectivity index (χ0) is 97.4. The van der Waals surface area contributed by atoms with E-state index in [4.69, 9.17) is 5.73 Å². The summed E-state index contributed by atoms with van der Waals surface area (Å²) in [6.07, 6.45) is 0.272. The smallest absolute Gasteiger partial charge is 0.305 e. The first-order valence-electron chi connectivity index (χ1n) is 44.6. The van der Waals surface area contributed by atoms with Gasteiger partial charge < -0.3 is 93.3 Å². The molecule has 34 nitrogen and oxygen atoms in total. The van der Waals surface area contributed by atoms with Crippen LogP contribution >= 0.6 is 11.8 Å². The Morgan fingerprint density at radius 3 is 1.46 bits per heavy atom. The van der Waals surface area contributed by atoms with Gasteiger partial charge in [0.2, 0.25) is 88.6 Å². The first-order chi connectivity index (χ1) is 63.9. The van der Waals surface area contributed by atoms with Gasteiger partial charge in [-0.1, -0.05) is 223 Å². The van der Waals surface area contributed by atoms with Gasteiger partial charge in [-0.15, -0.1) is 11.8 Å². The normalized spacial score (nSPS) is 21.5. The van der Waals surface area contributed by atoms with Crippen molar-refractivity contribution >= 4 is 117 Å². The van der Waals surface area contributed by atoms with E-state index < -0.39 is 199 Å². The van der Waals surface area contributed by atoms with Gasteiger partial charge in [0.15, 0.2) is 0 Å². The second kappa shape index (κ2) is 50.4. The predicted octanol–water partition coefficient (Wildman–Crippen LogP) is 4.29. The highest BCUT2D eigenvalue weighted by atomic mass is 32.2. The van der Waals surface area contributed by atoms with E-state index in [1.54, 1.807) is 161 Å². The molecule has 2 heterocycles. The van der Waals surface area contributed by atoms with Crippen LogP contribution < -0.4 is 53.6 Å². The van der Waals surface area contributed by atoms with E-state index in [9.17, 15) is 39.0 Å². The highest BCUT2D eigenvalue weighted by Gasteiger charge is 2.42. The number of H-pyrrole nitrogens is 1. The Kier molecular flexibility index (Phi) is 38.9. The minimum atomic E-state index is -1.90. The number of nitrogens with zero attached hydrogens (tertiary/aromatic N) is 5. The number of carbonyl (C=O) groups excluding carboxylic acids is 15. The number of para-hydroxylation sites is 1. The fourth-order valence-electron chi connectivity index (χ4n) is 15.8. The molecular weight excluding hydrogens is 1730 g/mol. The van der Waals surface area contributed by atoms with E-state index >= 15 is 47.9 Å². The second-order valence-electron chi connectivity index (χ2n) is 34.5. The Bertz CT molecular complexity index is 5400. The van der Waals surface area contributed by atoms with Crippen LogP contribution in [0.4, 0.5) is 0 Å². The first kappa shape index (κ1) is 103. The van der Waals surface area contributed by atoms with Gasteiger partial charge in [-0.3, -0.25) is 76.7 Å². The number of phenolic OH excluding ortho intramolecular Hbond substituents is 1. The number of carboxylic acids is 1. The summed E-state index contributed by atoms with van der Waals surface area (Å²) in [5.74, 6) is -17.0. The van der Waals surface area contributed by atoms with Crippen LogP contribution in [0.3, 0.4) is 0 Å². The lowest BCUT2D eigenvalue weighted by Gasteiger charge is -2.37. The van der Waals surface area contributed by atoms with Gasteiger partial charge in [-0.2, -0.15) is 0 Å². The minimum absolute atomic E-state index is 0.0331. The maximum absolute atomic E-state index is 15.6. The van der Waals surface area contributed by atoms with Crippen molar-refractivity contribution < 1.29 is 86.9 Å². The Morgan fingerprint density at radius 2 is 0.896 bits per heavy atom. The van der Waals surface area contributed by atoms with Gasteiger partial charge in [0.05, 0.1) is 31.8 Å². The summed E-state index contributed by atoms with van der Waals surface area (Å²) < 4.78 is 0. The van der Waals surface area contributed by atoms with Gasteiger partial charge in [0.1, 0.15) is 72.2 Å². The highest BCUT2D eigenvalue weighted by molar-refractivity contribution is 8.00. The van der Waals surface area contributed by atoms with Crippen LogP contribution in [-0.4, -0.2) is 267 Å². The number of carboxylic acid groups (broad SMARTS) is 1. The number of amides is 15. The van der Waals surface area contributed by atoms with Crippen LogP contribution in [0.15, 0.2) is 200 Å². The minimum Gasteiger partial charge on any atom is -0.508 e. The summed E-state index contributed by atoms with van der Waals surface area (Å²) in [5.41, 5.74) is 11.0. The molecule has 0 unspecified atom stereocenters. The zero-order valence-corrected chi connectivity index (χ0v) is 77.8. The highest BCUT2D eigenvalue weighted by Crippen LogP contribution is 2.26. The number of benzene rings is 7. The Balaban J connectivity index is 1.12. The number of nitrogens with two attached hydrogens (primary N) is 1. The number of aliphatic carboxylic acids is 1. The molecule has 0 saturated carbocycles. The van der Waals surface area contributed by atoms with Crippen molar-refractivity contribution in [3.8, 4) is 16.9 Å². The fraction of sp³-hybridized carbons (Fsp3) is 0.394. The van der Waals surface area contributed by atoms with E-state index in [2.05, 4.69) is 52.8 Å². The number of primary amides is 1. The molecule has 1 saturated heterocycles. The number of rotatable bonds is 24. The summed E-state index contributed by atoms with van der Waals surface area (Å²) in [4.78, 5) is 245. The monoisotopic (exact) mass is 1850 g/mol. The molecule has 7 aromatic carbocycles. The van der Waals surface area contributed by atoms with Crippen LogP contribution in [0, 0.1) is 11.8 Å². The van der Waals surface area contributed by atoms with Gasteiger partial charge in [0.25, 0.3) is 0 Å². The van der Waals surface area contributed by atoms with Crippen molar-refractivity contribution in [3.05, 3.63) is 234 Å². The number of unbranched alkanes of at least 4 members (excludes halogenated alkanes) is 1. The van der Waals surface area contributed by atoms with Crippen LogP contribution in [0.5, 0.6) is 5.75 Å². The lowest BCUT2D eigenvalue weighted by Crippen LogP contribution is -2.61. The number of aromatic hydroxyl groups is 1. The lowest BCUT2D eigenvalue weighted by atomic mass is 9.98. The topological polar surface area (TPSA) is 480 Å². The Hall–Kier alpha value is -14.3.